The van der Waals surface area contributed by atoms with E-state index >= 15 is 0 Å². The summed E-state index contributed by atoms with van der Waals surface area (Å²) in [7, 11) is 0. The van der Waals surface area contributed by atoms with E-state index in [9.17, 15) is 4.39 Å². The largest absolute Gasteiger partial charge is 0.301 e. The number of aryl methyl sites for hydroxylation is 2. The van der Waals surface area contributed by atoms with E-state index in [2.05, 4.69) is 17.1 Å². The lowest BCUT2D eigenvalue weighted by Gasteiger charge is -2.07. The standard InChI is InChI=1S/C13H15ClFN3/c1-2-5-12-16-17-13(14)18(12)9-8-10-6-3-4-7-11(10)15/h3-4,6-7H,2,5,8-9H2,1H3. The molecule has 0 radical (unpaired) electrons. The molecule has 0 aliphatic carbocycles. The molecule has 2 rings (SSSR count). The summed E-state index contributed by atoms with van der Waals surface area (Å²) in [5, 5.41) is 8.25. The molecule has 1 aromatic heterocycles. The Hall–Kier alpha value is -1.42. The van der Waals surface area contributed by atoms with E-state index in [1.807, 2.05) is 10.6 Å². The van der Waals surface area contributed by atoms with Gasteiger partial charge in [-0.2, -0.15) is 0 Å². The second-order valence-electron chi connectivity index (χ2n) is 4.13. The number of hydrogen-bond acceptors (Lipinski definition) is 2. The fraction of sp³-hybridized carbons (Fsp3) is 0.385. The van der Waals surface area contributed by atoms with Gasteiger partial charge in [-0.1, -0.05) is 25.1 Å². The summed E-state index contributed by atoms with van der Waals surface area (Å²) < 4.78 is 15.3. The molecule has 0 aliphatic rings. The number of aromatic nitrogens is 3. The van der Waals surface area contributed by atoms with Crippen LogP contribution in [0.15, 0.2) is 24.3 Å². The van der Waals surface area contributed by atoms with Crippen LogP contribution in [0.3, 0.4) is 0 Å². The van der Waals surface area contributed by atoms with Gasteiger partial charge < -0.3 is 4.57 Å². The molecule has 5 heteroatoms. The van der Waals surface area contributed by atoms with Crippen molar-refractivity contribution in [1.82, 2.24) is 14.8 Å². The third-order valence-electron chi connectivity index (χ3n) is 2.82. The van der Waals surface area contributed by atoms with Gasteiger partial charge in [-0.3, -0.25) is 0 Å². The monoisotopic (exact) mass is 267 g/mol. The van der Waals surface area contributed by atoms with E-state index in [-0.39, 0.29) is 5.82 Å². The van der Waals surface area contributed by atoms with Gasteiger partial charge in [0.15, 0.2) is 0 Å². The van der Waals surface area contributed by atoms with Crippen molar-refractivity contribution in [2.24, 2.45) is 0 Å². The molecule has 0 atom stereocenters. The first-order chi connectivity index (χ1) is 8.72. The van der Waals surface area contributed by atoms with Crippen LogP contribution < -0.4 is 0 Å². The second kappa shape index (κ2) is 5.96. The molecule has 0 N–H and O–H groups in total. The first-order valence-electron chi connectivity index (χ1n) is 6.03. The zero-order valence-corrected chi connectivity index (χ0v) is 11.0. The van der Waals surface area contributed by atoms with Gasteiger partial charge >= 0.3 is 0 Å². The lowest BCUT2D eigenvalue weighted by molar-refractivity contribution is 0.584. The first-order valence-corrected chi connectivity index (χ1v) is 6.41. The van der Waals surface area contributed by atoms with Crippen LogP contribution in [0.1, 0.15) is 24.7 Å². The number of hydrogen-bond donors (Lipinski definition) is 0. The third-order valence-corrected chi connectivity index (χ3v) is 3.10. The van der Waals surface area contributed by atoms with Gasteiger partial charge in [-0.15, -0.1) is 10.2 Å². The highest BCUT2D eigenvalue weighted by Crippen LogP contribution is 2.13. The van der Waals surface area contributed by atoms with Gasteiger partial charge in [-0.25, -0.2) is 4.39 Å². The highest BCUT2D eigenvalue weighted by molar-refractivity contribution is 6.28. The molecule has 0 fully saturated rings. The minimum absolute atomic E-state index is 0.182. The Bertz CT molecular complexity index is 525. The smallest absolute Gasteiger partial charge is 0.225 e. The minimum Gasteiger partial charge on any atom is -0.301 e. The third kappa shape index (κ3) is 2.88. The molecule has 0 amide bonds. The predicted molar refractivity (Wildman–Crippen MR) is 69.1 cm³/mol. The molecule has 96 valence electrons. The molecular formula is C13H15ClFN3. The van der Waals surface area contributed by atoms with E-state index in [1.54, 1.807) is 12.1 Å². The van der Waals surface area contributed by atoms with Crippen LogP contribution in [-0.2, 0) is 19.4 Å². The van der Waals surface area contributed by atoms with Crippen molar-refractivity contribution < 1.29 is 4.39 Å². The van der Waals surface area contributed by atoms with Crippen LogP contribution in [0.4, 0.5) is 4.39 Å². The van der Waals surface area contributed by atoms with Gasteiger partial charge in [0, 0.05) is 13.0 Å². The molecule has 0 spiro atoms. The lowest BCUT2D eigenvalue weighted by Crippen LogP contribution is -2.07. The minimum atomic E-state index is -0.182. The van der Waals surface area contributed by atoms with Gasteiger partial charge in [0.05, 0.1) is 0 Å². The topological polar surface area (TPSA) is 30.7 Å². The van der Waals surface area contributed by atoms with Crippen LogP contribution in [0.25, 0.3) is 0 Å². The molecule has 0 saturated carbocycles. The van der Waals surface area contributed by atoms with Crippen LogP contribution in [-0.4, -0.2) is 14.8 Å². The number of halogens is 2. The zero-order chi connectivity index (χ0) is 13.0. The highest BCUT2D eigenvalue weighted by Gasteiger charge is 2.10. The van der Waals surface area contributed by atoms with Crippen LogP contribution in [0.5, 0.6) is 0 Å². The van der Waals surface area contributed by atoms with Gasteiger partial charge in [-0.05, 0) is 36.1 Å². The summed E-state index contributed by atoms with van der Waals surface area (Å²) in [4.78, 5) is 0. The molecule has 3 nitrogen and oxygen atoms in total. The van der Waals surface area contributed by atoms with Crippen molar-refractivity contribution in [3.8, 4) is 0 Å². The second-order valence-corrected chi connectivity index (χ2v) is 4.47. The molecular weight excluding hydrogens is 253 g/mol. The maximum absolute atomic E-state index is 13.5. The zero-order valence-electron chi connectivity index (χ0n) is 10.2. The quantitative estimate of drug-likeness (QED) is 0.832. The molecule has 0 unspecified atom stereocenters. The first kappa shape index (κ1) is 13.0. The summed E-state index contributed by atoms with van der Waals surface area (Å²) in [6.45, 7) is 2.67. The summed E-state index contributed by atoms with van der Waals surface area (Å²) >= 11 is 5.98. The SMILES string of the molecule is CCCc1nnc(Cl)n1CCc1ccccc1F. The van der Waals surface area contributed by atoms with Crippen molar-refractivity contribution in [1.29, 1.82) is 0 Å². The number of rotatable bonds is 5. The van der Waals surface area contributed by atoms with Crippen molar-refractivity contribution in [2.75, 3.05) is 0 Å². The summed E-state index contributed by atoms with van der Waals surface area (Å²) in [5.41, 5.74) is 0.685. The molecule has 0 bridgehead atoms. The van der Waals surface area contributed by atoms with Gasteiger partial charge in [0.25, 0.3) is 0 Å². The lowest BCUT2D eigenvalue weighted by atomic mass is 10.1. The fourth-order valence-electron chi connectivity index (χ4n) is 1.88. The Morgan fingerprint density at radius 2 is 2.00 bits per heavy atom. The average molecular weight is 268 g/mol. The maximum atomic E-state index is 13.5. The van der Waals surface area contributed by atoms with Crippen LogP contribution in [0.2, 0.25) is 5.28 Å². The van der Waals surface area contributed by atoms with E-state index in [0.717, 1.165) is 18.7 Å². The van der Waals surface area contributed by atoms with Crippen molar-refractivity contribution in [3.05, 3.63) is 46.8 Å². The molecule has 18 heavy (non-hydrogen) atoms. The van der Waals surface area contributed by atoms with Gasteiger partial charge in [0.2, 0.25) is 5.28 Å². The molecule has 1 aromatic carbocycles. The van der Waals surface area contributed by atoms with Crippen LogP contribution >= 0.6 is 11.6 Å². The van der Waals surface area contributed by atoms with E-state index in [0.29, 0.717) is 23.8 Å². The van der Waals surface area contributed by atoms with E-state index in [1.165, 1.54) is 6.07 Å². The summed E-state index contributed by atoms with van der Waals surface area (Å²) in [6, 6.07) is 6.77. The van der Waals surface area contributed by atoms with Crippen molar-refractivity contribution in [3.63, 3.8) is 0 Å². The highest BCUT2D eigenvalue weighted by atomic mass is 35.5. The molecule has 0 aliphatic heterocycles. The Kier molecular flexibility index (Phi) is 4.31. The number of nitrogens with zero attached hydrogens (tertiary/aromatic N) is 3. The Balaban J connectivity index is 2.10. The fourth-order valence-corrected chi connectivity index (χ4v) is 2.10. The van der Waals surface area contributed by atoms with E-state index in [4.69, 9.17) is 11.6 Å². The summed E-state index contributed by atoms with van der Waals surface area (Å²) in [6.07, 6.45) is 2.40. The molecule has 2 aromatic rings. The Morgan fingerprint density at radius 3 is 2.72 bits per heavy atom. The predicted octanol–water partition coefficient (Wildman–Crippen LogP) is 3.27. The molecule has 1 heterocycles. The molecule has 0 saturated heterocycles. The normalized spacial score (nSPS) is 10.8. The van der Waals surface area contributed by atoms with Gasteiger partial charge in [0.1, 0.15) is 11.6 Å². The maximum Gasteiger partial charge on any atom is 0.225 e. The Morgan fingerprint density at radius 1 is 1.22 bits per heavy atom. The average Bonchev–Trinajstić information content (AvgIpc) is 2.70. The Labute approximate surface area is 111 Å². The van der Waals surface area contributed by atoms with E-state index < -0.39 is 0 Å². The van der Waals surface area contributed by atoms with Crippen molar-refractivity contribution >= 4 is 11.6 Å². The number of benzene rings is 1. The summed E-state index contributed by atoms with van der Waals surface area (Å²) in [5.74, 6) is 0.678. The van der Waals surface area contributed by atoms with Crippen LogP contribution in [0, 0.1) is 5.82 Å². The van der Waals surface area contributed by atoms with Crippen molar-refractivity contribution in [2.45, 2.75) is 32.7 Å².